The molecule has 0 aliphatic heterocycles. The molecule has 29 heavy (non-hydrogen) atoms. The van der Waals surface area contributed by atoms with Gasteiger partial charge in [0.1, 0.15) is 24.7 Å². The molecular formula is C22H28BrN3O2S. The molecule has 0 saturated heterocycles. The Kier molecular flexibility index (Phi) is 9.94. The Balaban J connectivity index is 1.87. The van der Waals surface area contributed by atoms with E-state index in [1.165, 1.54) is 5.56 Å². The summed E-state index contributed by atoms with van der Waals surface area (Å²) in [7, 11) is 0. The molecule has 0 aliphatic rings. The number of benzene rings is 2. The smallest absolute Gasteiger partial charge is 0.186 e. The van der Waals surface area contributed by atoms with Crippen LogP contribution in [0, 0.1) is 0 Å². The van der Waals surface area contributed by atoms with Crippen molar-refractivity contribution in [1.82, 2.24) is 10.7 Å². The monoisotopic (exact) mass is 477 g/mol. The third-order valence-corrected chi connectivity index (χ3v) is 5.08. The molecule has 5 nitrogen and oxygen atoms in total. The fourth-order valence-electron chi connectivity index (χ4n) is 2.55. The normalized spacial score (nSPS) is 11.9. The van der Waals surface area contributed by atoms with Crippen LogP contribution in [0.1, 0.15) is 44.2 Å². The van der Waals surface area contributed by atoms with Crippen LogP contribution in [0.4, 0.5) is 0 Å². The van der Waals surface area contributed by atoms with E-state index in [0.717, 1.165) is 34.5 Å². The third kappa shape index (κ3) is 8.03. The highest BCUT2D eigenvalue weighted by Gasteiger charge is 2.05. The maximum Gasteiger partial charge on any atom is 0.186 e. The predicted molar refractivity (Wildman–Crippen MR) is 127 cm³/mol. The van der Waals surface area contributed by atoms with Gasteiger partial charge in [0, 0.05) is 16.6 Å². The lowest BCUT2D eigenvalue weighted by molar-refractivity contribution is 0.217. The van der Waals surface area contributed by atoms with Crippen LogP contribution in [0.5, 0.6) is 11.5 Å². The van der Waals surface area contributed by atoms with Crippen LogP contribution in [0.25, 0.3) is 0 Å². The molecule has 0 spiro atoms. The molecule has 2 aromatic rings. The Bertz CT molecular complexity index is 812. The topological polar surface area (TPSA) is 54.9 Å². The minimum absolute atomic E-state index is 0.429. The highest BCUT2D eigenvalue weighted by Crippen LogP contribution is 2.23. The molecule has 0 fully saturated rings. The van der Waals surface area contributed by atoms with Crippen molar-refractivity contribution in [3.63, 3.8) is 0 Å². The predicted octanol–water partition coefficient (Wildman–Crippen LogP) is 5.24. The van der Waals surface area contributed by atoms with Crippen LogP contribution in [-0.4, -0.2) is 31.1 Å². The van der Waals surface area contributed by atoms with Crippen molar-refractivity contribution in [2.75, 3.05) is 19.8 Å². The van der Waals surface area contributed by atoms with Gasteiger partial charge >= 0.3 is 0 Å². The third-order valence-electron chi connectivity index (χ3n) is 4.35. The summed E-state index contributed by atoms with van der Waals surface area (Å²) in [6.07, 6.45) is 2.81. The zero-order valence-electron chi connectivity index (χ0n) is 17.1. The number of nitrogens with one attached hydrogen (secondary N) is 2. The first-order valence-electron chi connectivity index (χ1n) is 9.75. The van der Waals surface area contributed by atoms with Gasteiger partial charge in [-0.2, -0.15) is 5.10 Å². The fraction of sp³-hybridized carbons (Fsp3) is 0.364. The number of ether oxygens (including phenoxy) is 2. The van der Waals surface area contributed by atoms with E-state index in [4.69, 9.17) is 21.7 Å². The quantitative estimate of drug-likeness (QED) is 0.212. The molecule has 2 aromatic carbocycles. The van der Waals surface area contributed by atoms with E-state index in [0.29, 0.717) is 24.2 Å². The van der Waals surface area contributed by atoms with Crippen molar-refractivity contribution in [2.45, 2.75) is 33.1 Å². The summed E-state index contributed by atoms with van der Waals surface area (Å²) in [5.74, 6) is 2.13. The molecule has 0 unspecified atom stereocenters. The highest BCUT2D eigenvalue weighted by atomic mass is 79.9. The van der Waals surface area contributed by atoms with Crippen LogP contribution in [0.3, 0.4) is 0 Å². The summed E-state index contributed by atoms with van der Waals surface area (Å²) < 4.78 is 12.6. The van der Waals surface area contributed by atoms with E-state index >= 15 is 0 Å². The molecule has 0 saturated carbocycles. The number of rotatable bonds is 10. The van der Waals surface area contributed by atoms with Crippen LogP contribution in [-0.2, 0) is 0 Å². The standard InChI is InChI=1S/C22H28BrN3O2S/c1-4-16(3)17-6-9-20(10-7-17)27-12-13-28-21-11-8-19(23)14-18(21)15-25-26-22(29)24-5-2/h6-11,14-16H,4-5,12-13H2,1-3H3,(H2,24,26,29)/b25-15+/t16-/m1/s1. The van der Waals surface area contributed by atoms with Gasteiger partial charge < -0.3 is 14.8 Å². The summed E-state index contributed by atoms with van der Waals surface area (Å²) >= 11 is 8.57. The summed E-state index contributed by atoms with van der Waals surface area (Å²) in [6, 6.07) is 14.0. The van der Waals surface area contributed by atoms with Crippen LogP contribution < -0.4 is 20.2 Å². The first-order valence-corrected chi connectivity index (χ1v) is 11.0. The highest BCUT2D eigenvalue weighted by molar-refractivity contribution is 9.10. The zero-order valence-corrected chi connectivity index (χ0v) is 19.5. The number of hydrogen-bond acceptors (Lipinski definition) is 4. The first-order chi connectivity index (χ1) is 14.0. The minimum Gasteiger partial charge on any atom is -0.490 e. The maximum atomic E-state index is 5.88. The largest absolute Gasteiger partial charge is 0.490 e. The van der Waals surface area contributed by atoms with Crippen molar-refractivity contribution >= 4 is 39.5 Å². The number of hydrogen-bond donors (Lipinski definition) is 2. The molecule has 2 N–H and O–H groups in total. The Morgan fingerprint density at radius 3 is 2.55 bits per heavy atom. The second kappa shape index (κ2) is 12.4. The van der Waals surface area contributed by atoms with Gasteiger partial charge in [-0.15, -0.1) is 0 Å². The van der Waals surface area contributed by atoms with Crippen LogP contribution in [0.15, 0.2) is 52.0 Å². The molecular weight excluding hydrogens is 450 g/mol. The van der Waals surface area contributed by atoms with Gasteiger partial charge in [0.05, 0.1) is 6.21 Å². The van der Waals surface area contributed by atoms with E-state index in [1.54, 1.807) is 6.21 Å². The SMILES string of the molecule is CCNC(=S)N/N=C/c1cc(Br)ccc1OCCOc1ccc([C@H](C)CC)cc1. The lowest BCUT2D eigenvalue weighted by atomic mass is 9.99. The van der Waals surface area contributed by atoms with Crippen molar-refractivity contribution in [3.05, 3.63) is 58.1 Å². The van der Waals surface area contributed by atoms with Gasteiger partial charge in [-0.25, -0.2) is 0 Å². The van der Waals surface area contributed by atoms with E-state index in [2.05, 4.69) is 57.8 Å². The second-order valence-corrected chi connectivity index (χ2v) is 7.81. The van der Waals surface area contributed by atoms with E-state index in [1.807, 2.05) is 37.3 Å². The number of thiocarbonyl (C=S) groups is 1. The Hall–Kier alpha value is -2.12. The molecule has 0 aliphatic carbocycles. The molecule has 7 heteroatoms. The molecule has 0 heterocycles. The average molecular weight is 478 g/mol. The van der Waals surface area contributed by atoms with Crippen molar-refractivity contribution in [1.29, 1.82) is 0 Å². The Labute approximate surface area is 187 Å². The van der Waals surface area contributed by atoms with Crippen molar-refractivity contribution in [2.24, 2.45) is 5.10 Å². The number of hydrazone groups is 1. The zero-order chi connectivity index (χ0) is 21.1. The summed E-state index contributed by atoms with van der Waals surface area (Å²) in [4.78, 5) is 0. The fourth-order valence-corrected chi connectivity index (χ4v) is 3.13. The van der Waals surface area contributed by atoms with Gasteiger partial charge in [-0.05, 0) is 67.4 Å². The molecule has 0 bridgehead atoms. The van der Waals surface area contributed by atoms with Gasteiger partial charge in [0.25, 0.3) is 0 Å². The molecule has 156 valence electrons. The molecule has 0 aromatic heterocycles. The number of nitrogens with zero attached hydrogens (tertiary/aromatic N) is 1. The first kappa shape index (κ1) is 23.2. The van der Waals surface area contributed by atoms with Crippen LogP contribution in [0.2, 0.25) is 0 Å². The van der Waals surface area contributed by atoms with E-state index < -0.39 is 0 Å². The number of halogens is 1. The average Bonchev–Trinajstić information content (AvgIpc) is 2.72. The van der Waals surface area contributed by atoms with Gasteiger partial charge in [-0.3, -0.25) is 5.43 Å². The molecule has 1 atom stereocenters. The summed E-state index contributed by atoms with van der Waals surface area (Å²) in [6.45, 7) is 8.02. The minimum atomic E-state index is 0.429. The van der Waals surface area contributed by atoms with Gasteiger partial charge in [-0.1, -0.05) is 41.9 Å². The van der Waals surface area contributed by atoms with E-state index in [-0.39, 0.29) is 0 Å². The summed E-state index contributed by atoms with van der Waals surface area (Å²) in [5, 5.41) is 7.61. The lowest BCUT2D eigenvalue weighted by Crippen LogP contribution is -2.31. The lowest BCUT2D eigenvalue weighted by Gasteiger charge is -2.12. The van der Waals surface area contributed by atoms with Crippen LogP contribution >= 0.6 is 28.1 Å². The Morgan fingerprint density at radius 2 is 1.86 bits per heavy atom. The van der Waals surface area contributed by atoms with E-state index in [9.17, 15) is 0 Å². The van der Waals surface area contributed by atoms with Gasteiger partial charge in [0.2, 0.25) is 0 Å². The second-order valence-electron chi connectivity index (χ2n) is 6.49. The maximum absolute atomic E-state index is 5.88. The molecule has 0 amide bonds. The van der Waals surface area contributed by atoms with Crippen molar-refractivity contribution in [3.8, 4) is 11.5 Å². The molecule has 2 rings (SSSR count). The molecule has 0 radical (unpaired) electrons. The summed E-state index contributed by atoms with van der Waals surface area (Å²) in [5.41, 5.74) is 4.95. The van der Waals surface area contributed by atoms with Gasteiger partial charge in [0.15, 0.2) is 5.11 Å². The van der Waals surface area contributed by atoms with Crippen molar-refractivity contribution < 1.29 is 9.47 Å². The Morgan fingerprint density at radius 1 is 1.14 bits per heavy atom.